The normalized spacial score (nSPS) is 30.8. The maximum absolute atomic E-state index is 12.9. The molecule has 5 aliphatic carbocycles. The van der Waals surface area contributed by atoms with E-state index in [0.717, 1.165) is 42.6 Å². The lowest BCUT2D eigenvalue weighted by Gasteiger charge is -2.56. The molecule has 0 unspecified atom stereocenters. The lowest BCUT2D eigenvalue weighted by Crippen LogP contribution is -2.48. The third-order valence-corrected chi connectivity index (χ3v) is 8.99. The van der Waals surface area contributed by atoms with Crippen LogP contribution >= 0.6 is 23.6 Å². The minimum Gasteiger partial charge on any atom is -0.462 e. The van der Waals surface area contributed by atoms with Crippen LogP contribution in [-0.2, 0) is 22.4 Å². The molecule has 0 aliphatic heterocycles. The first-order valence-corrected chi connectivity index (χ1v) is 12.6. The molecule has 30 heavy (non-hydrogen) atoms. The van der Waals surface area contributed by atoms with Gasteiger partial charge in [-0.3, -0.25) is 4.79 Å². The summed E-state index contributed by atoms with van der Waals surface area (Å²) in [6.45, 7) is 2.15. The van der Waals surface area contributed by atoms with Gasteiger partial charge in [-0.1, -0.05) is 0 Å². The summed E-state index contributed by atoms with van der Waals surface area (Å²) < 4.78 is 5.27. The number of nitrogens with one attached hydrogen (secondary N) is 2. The second-order valence-corrected chi connectivity index (χ2v) is 11.4. The van der Waals surface area contributed by atoms with Crippen LogP contribution in [0.25, 0.3) is 0 Å². The third kappa shape index (κ3) is 3.79. The average Bonchev–Trinajstić information content (AvgIpc) is 3.20. The van der Waals surface area contributed by atoms with Crippen LogP contribution in [0.2, 0.25) is 0 Å². The van der Waals surface area contributed by atoms with E-state index < -0.39 is 0 Å². The van der Waals surface area contributed by atoms with Gasteiger partial charge in [0.1, 0.15) is 5.00 Å². The van der Waals surface area contributed by atoms with E-state index in [1.807, 2.05) is 6.92 Å². The summed E-state index contributed by atoms with van der Waals surface area (Å²) in [7, 11) is 0. The molecule has 1 amide bonds. The predicted molar refractivity (Wildman–Crippen MR) is 122 cm³/mol. The SMILES string of the molecule is CCOC(=O)c1c(NC(=S)NC(=O)CC23CC4CC(CC(C4)C2)C3)sc2c1CCC2. The molecule has 4 bridgehead atoms. The van der Waals surface area contributed by atoms with Gasteiger partial charge in [-0.25, -0.2) is 4.79 Å². The van der Waals surface area contributed by atoms with Crippen LogP contribution in [0.15, 0.2) is 0 Å². The first-order chi connectivity index (χ1) is 14.4. The number of aryl methyl sites for hydroxylation is 1. The number of amides is 1. The van der Waals surface area contributed by atoms with Gasteiger partial charge in [0.15, 0.2) is 5.11 Å². The molecule has 7 heteroatoms. The number of esters is 1. The first-order valence-electron chi connectivity index (χ1n) is 11.4. The Morgan fingerprint density at radius 1 is 1.13 bits per heavy atom. The number of anilines is 1. The number of thiocarbonyl (C=S) groups is 1. The largest absolute Gasteiger partial charge is 0.462 e. The van der Waals surface area contributed by atoms with E-state index in [2.05, 4.69) is 10.6 Å². The highest BCUT2D eigenvalue weighted by Gasteiger charge is 2.51. The van der Waals surface area contributed by atoms with Crippen LogP contribution in [0.4, 0.5) is 5.00 Å². The zero-order valence-electron chi connectivity index (χ0n) is 17.6. The Hall–Kier alpha value is -1.47. The molecule has 0 atom stereocenters. The fourth-order valence-electron chi connectivity index (χ4n) is 7.06. The van der Waals surface area contributed by atoms with E-state index in [1.165, 1.54) is 43.4 Å². The Bertz CT molecular complexity index is 856. The van der Waals surface area contributed by atoms with Crippen molar-refractivity contribution in [1.29, 1.82) is 0 Å². The number of ether oxygens (including phenoxy) is 1. The van der Waals surface area contributed by atoms with Crippen LogP contribution in [0.1, 0.15) is 79.1 Å². The molecule has 4 fully saturated rings. The van der Waals surface area contributed by atoms with E-state index in [1.54, 1.807) is 11.3 Å². The molecular weight excluding hydrogens is 416 g/mol. The Kier molecular flexibility index (Phi) is 5.38. The van der Waals surface area contributed by atoms with Crippen molar-refractivity contribution in [2.24, 2.45) is 23.2 Å². The van der Waals surface area contributed by atoms with Gasteiger partial charge in [0.25, 0.3) is 0 Å². The molecule has 4 saturated carbocycles. The van der Waals surface area contributed by atoms with Gasteiger partial charge in [0.2, 0.25) is 5.91 Å². The molecule has 6 rings (SSSR count). The molecule has 1 heterocycles. The first kappa shape index (κ1) is 20.4. The molecule has 0 saturated heterocycles. The molecule has 162 valence electrons. The van der Waals surface area contributed by atoms with Crippen LogP contribution in [-0.4, -0.2) is 23.6 Å². The van der Waals surface area contributed by atoms with Crippen molar-refractivity contribution >= 4 is 45.5 Å². The van der Waals surface area contributed by atoms with Crippen LogP contribution in [0.3, 0.4) is 0 Å². The minimum atomic E-state index is -0.304. The second kappa shape index (κ2) is 7.90. The van der Waals surface area contributed by atoms with Gasteiger partial charge < -0.3 is 15.4 Å². The fraction of sp³-hybridized carbons (Fsp3) is 0.696. The second-order valence-electron chi connectivity index (χ2n) is 9.88. The highest BCUT2D eigenvalue weighted by Crippen LogP contribution is 2.61. The zero-order chi connectivity index (χ0) is 20.9. The molecule has 1 aromatic rings. The Morgan fingerprint density at radius 3 is 2.43 bits per heavy atom. The van der Waals surface area contributed by atoms with Gasteiger partial charge in [-0.15, -0.1) is 11.3 Å². The van der Waals surface area contributed by atoms with Crippen molar-refractivity contribution < 1.29 is 14.3 Å². The quantitative estimate of drug-likeness (QED) is 0.501. The lowest BCUT2D eigenvalue weighted by molar-refractivity contribution is -0.127. The smallest absolute Gasteiger partial charge is 0.341 e. The summed E-state index contributed by atoms with van der Waals surface area (Å²) in [5.41, 5.74) is 1.88. The van der Waals surface area contributed by atoms with E-state index in [0.29, 0.717) is 23.6 Å². The molecule has 2 N–H and O–H groups in total. The standard InChI is InChI=1S/C23H30N2O3S2/c1-2-28-21(27)19-16-4-3-5-17(16)30-20(19)25-22(29)24-18(26)12-23-9-13-6-14(10-23)8-15(7-13)11-23/h13-15H,2-12H2,1H3,(H2,24,25,26,29). The number of thiophene rings is 1. The van der Waals surface area contributed by atoms with Crippen LogP contribution in [0.5, 0.6) is 0 Å². The lowest BCUT2D eigenvalue weighted by atomic mass is 9.49. The summed E-state index contributed by atoms with van der Waals surface area (Å²) >= 11 is 7.01. The van der Waals surface area contributed by atoms with E-state index >= 15 is 0 Å². The number of hydrogen-bond donors (Lipinski definition) is 2. The highest BCUT2D eigenvalue weighted by molar-refractivity contribution is 7.80. The molecule has 1 aromatic heterocycles. The van der Waals surface area contributed by atoms with Gasteiger partial charge in [0, 0.05) is 11.3 Å². The maximum Gasteiger partial charge on any atom is 0.341 e. The number of carbonyl (C=O) groups is 2. The number of hydrogen-bond acceptors (Lipinski definition) is 5. The molecule has 5 nitrogen and oxygen atoms in total. The zero-order valence-corrected chi connectivity index (χ0v) is 19.2. The van der Waals surface area contributed by atoms with Gasteiger partial charge in [-0.2, -0.15) is 0 Å². The van der Waals surface area contributed by atoms with Crippen molar-refractivity contribution in [2.45, 2.75) is 71.1 Å². The van der Waals surface area contributed by atoms with E-state index in [9.17, 15) is 9.59 Å². The number of carbonyl (C=O) groups excluding carboxylic acids is 2. The Balaban J connectivity index is 1.24. The van der Waals surface area contributed by atoms with E-state index in [-0.39, 0.29) is 22.4 Å². The van der Waals surface area contributed by atoms with Crippen LogP contribution in [0, 0.1) is 23.2 Å². The Labute approximate surface area is 187 Å². The van der Waals surface area contributed by atoms with Gasteiger partial charge in [-0.05, 0) is 106 Å². The fourth-order valence-corrected chi connectivity index (χ4v) is 8.63. The van der Waals surface area contributed by atoms with Crippen molar-refractivity contribution in [3.8, 4) is 0 Å². The number of fused-ring (bicyclic) bond motifs is 1. The number of rotatable bonds is 5. The van der Waals surface area contributed by atoms with Crippen molar-refractivity contribution in [2.75, 3.05) is 11.9 Å². The monoisotopic (exact) mass is 446 g/mol. The van der Waals surface area contributed by atoms with Gasteiger partial charge >= 0.3 is 5.97 Å². The molecule has 0 aromatic carbocycles. The molecule has 0 radical (unpaired) electrons. The van der Waals surface area contributed by atoms with Crippen molar-refractivity contribution in [3.63, 3.8) is 0 Å². The third-order valence-electron chi connectivity index (χ3n) is 7.58. The summed E-state index contributed by atoms with van der Waals surface area (Å²) in [5, 5.41) is 7.03. The maximum atomic E-state index is 12.9. The molecular formula is C23H30N2O3S2. The minimum absolute atomic E-state index is 0.0104. The topological polar surface area (TPSA) is 67.4 Å². The average molecular weight is 447 g/mol. The summed E-state index contributed by atoms with van der Waals surface area (Å²) in [5.74, 6) is 2.19. The van der Waals surface area contributed by atoms with Crippen molar-refractivity contribution in [1.82, 2.24) is 5.32 Å². The summed E-state index contributed by atoms with van der Waals surface area (Å²) in [6, 6.07) is 0. The highest BCUT2D eigenvalue weighted by atomic mass is 32.1. The molecule has 5 aliphatic rings. The summed E-state index contributed by atoms with van der Waals surface area (Å²) in [4.78, 5) is 26.6. The van der Waals surface area contributed by atoms with Crippen molar-refractivity contribution in [3.05, 3.63) is 16.0 Å². The van der Waals surface area contributed by atoms with Crippen LogP contribution < -0.4 is 10.6 Å². The molecule has 0 spiro atoms. The summed E-state index contributed by atoms with van der Waals surface area (Å²) in [6.07, 6.45) is 11.3. The van der Waals surface area contributed by atoms with Gasteiger partial charge in [0.05, 0.1) is 12.2 Å². The predicted octanol–water partition coefficient (Wildman–Crippen LogP) is 4.83. The Morgan fingerprint density at radius 2 is 1.80 bits per heavy atom. The van der Waals surface area contributed by atoms with E-state index in [4.69, 9.17) is 17.0 Å².